The fourth-order valence-electron chi connectivity index (χ4n) is 2.05. The zero-order valence-corrected chi connectivity index (χ0v) is 11.1. The highest BCUT2D eigenvalue weighted by atomic mass is 35.5. The number of fused-ring (bicyclic) bond motifs is 1. The number of aromatic nitrogens is 1. The maximum atomic E-state index is 6.13. The molecule has 0 amide bonds. The smallest absolute Gasteiger partial charge is 0.0647 e. The number of rotatable bonds is 5. The van der Waals surface area contributed by atoms with E-state index in [1.54, 1.807) is 0 Å². The van der Waals surface area contributed by atoms with Gasteiger partial charge in [0.1, 0.15) is 0 Å². The Balaban J connectivity index is 2.02. The number of para-hydroxylation sites is 1. The second-order valence-electron chi connectivity index (χ2n) is 4.69. The summed E-state index contributed by atoms with van der Waals surface area (Å²) in [6, 6.07) is 6.62. The Morgan fingerprint density at radius 3 is 2.94 bits per heavy atom. The summed E-state index contributed by atoms with van der Waals surface area (Å²) >= 11 is 6.13. The average molecular weight is 251 g/mol. The fraction of sp³-hybridized carbons (Fsp3) is 0.429. The first-order chi connectivity index (χ1) is 8.18. The molecular weight excluding hydrogens is 232 g/mol. The van der Waals surface area contributed by atoms with E-state index < -0.39 is 0 Å². The van der Waals surface area contributed by atoms with Gasteiger partial charge in [-0.25, -0.2) is 0 Å². The second-order valence-corrected chi connectivity index (χ2v) is 5.10. The number of H-pyrrole nitrogens is 1. The number of hydrogen-bond acceptors (Lipinski definition) is 1. The van der Waals surface area contributed by atoms with E-state index >= 15 is 0 Å². The van der Waals surface area contributed by atoms with Crippen LogP contribution in [-0.2, 0) is 6.42 Å². The van der Waals surface area contributed by atoms with Crippen LogP contribution in [0.5, 0.6) is 0 Å². The number of aromatic amines is 1. The van der Waals surface area contributed by atoms with E-state index in [4.69, 9.17) is 11.6 Å². The third kappa shape index (κ3) is 3.02. The first-order valence-electron chi connectivity index (χ1n) is 6.16. The zero-order valence-electron chi connectivity index (χ0n) is 10.4. The Morgan fingerprint density at radius 1 is 1.35 bits per heavy atom. The average Bonchev–Trinajstić information content (AvgIpc) is 2.69. The summed E-state index contributed by atoms with van der Waals surface area (Å²) in [5.74, 6) is 0. The van der Waals surface area contributed by atoms with E-state index in [0.29, 0.717) is 6.04 Å². The van der Waals surface area contributed by atoms with Crippen LogP contribution in [0.2, 0.25) is 5.02 Å². The lowest BCUT2D eigenvalue weighted by atomic mass is 10.1. The Hall–Kier alpha value is -0.990. The molecule has 1 heterocycles. The Bertz CT molecular complexity index is 488. The number of aryl methyl sites for hydroxylation is 1. The Morgan fingerprint density at radius 2 is 2.18 bits per heavy atom. The molecule has 0 aliphatic carbocycles. The number of nitrogens with one attached hydrogen (secondary N) is 2. The van der Waals surface area contributed by atoms with Crippen LogP contribution in [0.25, 0.3) is 10.9 Å². The predicted molar refractivity (Wildman–Crippen MR) is 74.8 cm³/mol. The number of hydrogen-bond donors (Lipinski definition) is 2. The van der Waals surface area contributed by atoms with Gasteiger partial charge in [-0.3, -0.25) is 0 Å². The molecule has 0 aliphatic heterocycles. The Kier molecular flexibility index (Phi) is 4.08. The van der Waals surface area contributed by atoms with E-state index in [9.17, 15) is 0 Å². The van der Waals surface area contributed by atoms with Crippen molar-refractivity contribution in [3.8, 4) is 0 Å². The van der Waals surface area contributed by atoms with Crippen molar-refractivity contribution in [2.45, 2.75) is 32.7 Å². The van der Waals surface area contributed by atoms with Gasteiger partial charge in [0.05, 0.1) is 10.5 Å². The van der Waals surface area contributed by atoms with E-state index in [1.807, 2.05) is 12.1 Å². The van der Waals surface area contributed by atoms with Gasteiger partial charge in [-0.05, 0) is 31.0 Å². The summed E-state index contributed by atoms with van der Waals surface area (Å²) in [4.78, 5) is 3.25. The molecule has 0 fully saturated rings. The van der Waals surface area contributed by atoms with Crippen LogP contribution in [0.1, 0.15) is 25.8 Å². The van der Waals surface area contributed by atoms with Crippen molar-refractivity contribution in [3.63, 3.8) is 0 Å². The first kappa shape index (κ1) is 12.5. The summed E-state index contributed by atoms with van der Waals surface area (Å²) in [6.07, 6.45) is 4.31. The van der Waals surface area contributed by atoms with Crippen molar-refractivity contribution in [1.82, 2.24) is 10.3 Å². The monoisotopic (exact) mass is 250 g/mol. The normalized spacial score (nSPS) is 11.5. The van der Waals surface area contributed by atoms with Crippen molar-refractivity contribution in [2.75, 3.05) is 6.54 Å². The largest absolute Gasteiger partial charge is 0.360 e. The van der Waals surface area contributed by atoms with Gasteiger partial charge in [0.2, 0.25) is 0 Å². The molecule has 1 aromatic heterocycles. The second kappa shape index (κ2) is 5.56. The Labute approximate surface area is 107 Å². The standard InChI is InChI=1S/C14H19ClN2/c1-10(2)16-8-4-5-11-9-17-14-12(11)6-3-7-13(14)15/h3,6-7,9-10,16-17H,4-5,8H2,1-2H3. The maximum absolute atomic E-state index is 6.13. The summed E-state index contributed by atoms with van der Waals surface area (Å²) in [7, 11) is 0. The quantitative estimate of drug-likeness (QED) is 0.778. The highest BCUT2D eigenvalue weighted by Crippen LogP contribution is 2.25. The minimum absolute atomic E-state index is 0.562. The van der Waals surface area contributed by atoms with Crippen LogP contribution < -0.4 is 5.32 Å². The van der Waals surface area contributed by atoms with Gasteiger partial charge in [0.25, 0.3) is 0 Å². The van der Waals surface area contributed by atoms with Crippen LogP contribution in [-0.4, -0.2) is 17.6 Å². The molecule has 0 radical (unpaired) electrons. The van der Waals surface area contributed by atoms with Gasteiger partial charge in [0.15, 0.2) is 0 Å². The van der Waals surface area contributed by atoms with Crippen molar-refractivity contribution < 1.29 is 0 Å². The summed E-state index contributed by atoms with van der Waals surface area (Å²) in [5, 5.41) is 5.48. The molecular formula is C14H19ClN2. The molecule has 0 atom stereocenters. The molecule has 0 bridgehead atoms. The van der Waals surface area contributed by atoms with Crippen LogP contribution in [0.15, 0.2) is 24.4 Å². The number of halogens is 1. The molecule has 3 heteroatoms. The van der Waals surface area contributed by atoms with Crippen LogP contribution >= 0.6 is 11.6 Å². The summed E-state index contributed by atoms with van der Waals surface area (Å²) < 4.78 is 0. The minimum Gasteiger partial charge on any atom is -0.360 e. The van der Waals surface area contributed by atoms with Gasteiger partial charge in [-0.15, -0.1) is 0 Å². The van der Waals surface area contributed by atoms with Gasteiger partial charge in [-0.2, -0.15) is 0 Å². The molecule has 17 heavy (non-hydrogen) atoms. The first-order valence-corrected chi connectivity index (χ1v) is 6.54. The molecule has 2 nitrogen and oxygen atoms in total. The molecule has 0 aliphatic rings. The van der Waals surface area contributed by atoms with Crippen molar-refractivity contribution in [2.24, 2.45) is 0 Å². The van der Waals surface area contributed by atoms with Gasteiger partial charge >= 0.3 is 0 Å². The van der Waals surface area contributed by atoms with E-state index in [2.05, 4.69) is 36.4 Å². The third-order valence-electron chi connectivity index (χ3n) is 2.93. The molecule has 0 unspecified atom stereocenters. The van der Waals surface area contributed by atoms with Crippen LogP contribution in [0.4, 0.5) is 0 Å². The van der Waals surface area contributed by atoms with E-state index in [1.165, 1.54) is 10.9 Å². The maximum Gasteiger partial charge on any atom is 0.0647 e. The molecule has 2 aromatic rings. The van der Waals surface area contributed by atoms with Gasteiger partial charge in [0, 0.05) is 17.6 Å². The lowest BCUT2D eigenvalue weighted by molar-refractivity contribution is 0.571. The van der Waals surface area contributed by atoms with Gasteiger partial charge in [-0.1, -0.05) is 37.6 Å². The highest BCUT2D eigenvalue weighted by Gasteiger charge is 2.05. The molecule has 0 saturated heterocycles. The molecule has 1 aromatic carbocycles. The van der Waals surface area contributed by atoms with Crippen LogP contribution in [0, 0.1) is 0 Å². The lowest BCUT2D eigenvalue weighted by Gasteiger charge is -2.07. The molecule has 2 N–H and O–H groups in total. The van der Waals surface area contributed by atoms with Crippen molar-refractivity contribution >= 4 is 22.5 Å². The summed E-state index contributed by atoms with van der Waals surface area (Å²) in [6.45, 7) is 5.40. The zero-order chi connectivity index (χ0) is 12.3. The van der Waals surface area contributed by atoms with Gasteiger partial charge < -0.3 is 10.3 Å². The molecule has 0 saturated carbocycles. The van der Waals surface area contributed by atoms with Crippen molar-refractivity contribution in [3.05, 3.63) is 35.0 Å². The topological polar surface area (TPSA) is 27.8 Å². The van der Waals surface area contributed by atoms with E-state index in [0.717, 1.165) is 29.9 Å². The molecule has 2 rings (SSSR count). The lowest BCUT2D eigenvalue weighted by Crippen LogP contribution is -2.23. The highest BCUT2D eigenvalue weighted by molar-refractivity contribution is 6.35. The third-order valence-corrected chi connectivity index (χ3v) is 3.24. The SMILES string of the molecule is CC(C)NCCCc1c[nH]c2c(Cl)cccc12. The predicted octanol–water partition coefficient (Wildman–Crippen LogP) is 3.75. The van der Waals surface area contributed by atoms with Crippen molar-refractivity contribution in [1.29, 1.82) is 0 Å². The number of benzene rings is 1. The molecule has 0 spiro atoms. The molecule has 92 valence electrons. The fourth-order valence-corrected chi connectivity index (χ4v) is 2.28. The summed E-state index contributed by atoms with van der Waals surface area (Å²) in [5.41, 5.74) is 2.41. The van der Waals surface area contributed by atoms with E-state index in [-0.39, 0.29) is 0 Å². The minimum atomic E-state index is 0.562. The van der Waals surface area contributed by atoms with Crippen LogP contribution in [0.3, 0.4) is 0 Å².